The fourth-order valence-corrected chi connectivity index (χ4v) is 3.56. The Labute approximate surface area is 161 Å². The highest BCUT2D eigenvalue weighted by molar-refractivity contribution is 5.66. The zero-order valence-corrected chi connectivity index (χ0v) is 16.1. The number of carbonyl (C=O) groups is 1. The smallest absolute Gasteiger partial charge is 0.330 e. The van der Waals surface area contributed by atoms with Crippen LogP contribution in [0, 0.1) is 0 Å². The highest BCUT2D eigenvalue weighted by Crippen LogP contribution is 2.35. The topological polar surface area (TPSA) is 107 Å². The van der Waals surface area contributed by atoms with E-state index in [9.17, 15) is 14.4 Å². The van der Waals surface area contributed by atoms with Crippen molar-refractivity contribution in [1.82, 2.24) is 19.4 Å². The van der Waals surface area contributed by atoms with Crippen molar-refractivity contribution in [2.24, 2.45) is 0 Å². The van der Waals surface area contributed by atoms with Crippen LogP contribution in [0.1, 0.15) is 32.2 Å². The summed E-state index contributed by atoms with van der Waals surface area (Å²) >= 11 is 0. The van der Waals surface area contributed by atoms with E-state index in [1.54, 1.807) is 6.20 Å². The molecule has 1 fully saturated rings. The summed E-state index contributed by atoms with van der Waals surface area (Å²) in [5.41, 5.74) is -0.229. The average molecular weight is 388 g/mol. The first-order valence-corrected chi connectivity index (χ1v) is 9.15. The first-order chi connectivity index (χ1) is 13.4. The van der Waals surface area contributed by atoms with Gasteiger partial charge in [-0.15, -0.1) is 0 Å². The van der Waals surface area contributed by atoms with Crippen molar-refractivity contribution in [2.75, 3.05) is 7.05 Å². The number of H-pyrrole nitrogens is 1. The fourth-order valence-electron chi connectivity index (χ4n) is 3.56. The lowest BCUT2D eigenvalue weighted by Crippen LogP contribution is -2.48. The standard InChI is InChI=1S/C19H24N4O5/c1-4-14-17(27-12(2)24)16(22(3)11-13-7-5-6-9-20-13)18(28-14)23-10-8-15(25)21-19(23)26/h5-10,14,16-18H,4,11H2,1-3H3,(H,21,25,26)/t14-,16?,17+,18-/m1/s1. The molecule has 28 heavy (non-hydrogen) atoms. The first-order valence-electron chi connectivity index (χ1n) is 9.15. The normalized spacial score (nSPS) is 24.4. The summed E-state index contributed by atoms with van der Waals surface area (Å²) in [6, 6.07) is 6.44. The number of nitrogens with one attached hydrogen (secondary N) is 1. The van der Waals surface area contributed by atoms with Gasteiger partial charge in [0.1, 0.15) is 6.10 Å². The van der Waals surface area contributed by atoms with Gasteiger partial charge in [-0.3, -0.25) is 29.0 Å². The van der Waals surface area contributed by atoms with E-state index in [0.29, 0.717) is 13.0 Å². The van der Waals surface area contributed by atoms with E-state index in [4.69, 9.17) is 9.47 Å². The summed E-state index contributed by atoms with van der Waals surface area (Å²) in [5, 5.41) is 0. The average Bonchev–Trinajstić information content (AvgIpc) is 3.00. The molecule has 4 atom stereocenters. The molecule has 150 valence electrons. The molecule has 0 aliphatic carbocycles. The number of aromatic nitrogens is 3. The van der Waals surface area contributed by atoms with Crippen molar-refractivity contribution < 1.29 is 14.3 Å². The highest BCUT2D eigenvalue weighted by Gasteiger charge is 2.49. The van der Waals surface area contributed by atoms with Crippen molar-refractivity contribution in [3.05, 3.63) is 63.2 Å². The van der Waals surface area contributed by atoms with Crippen molar-refractivity contribution in [3.63, 3.8) is 0 Å². The molecule has 0 spiro atoms. The molecule has 0 radical (unpaired) electrons. The monoisotopic (exact) mass is 388 g/mol. The molecule has 2 aromatic rings. The van der Waals surface area contributed by atoms with Gasteiger partial charge >= 0.3 is 11.7 Å². The summed E-state index contributed by atoms with van der Waals surface area (Å²) in [6.07, 6.45) is 2.02. The number of aromatic amines is 1. The number of carbonyl (C=O) groups excluding carboxylic acids is 1. The Morgan fingerprint density at radius 2 is 2.14 bits per heavy atom. The third kappa shape index (κ3) is 4.20. The Hall–Kier alpha value is -2.78. The fraction of sp³-hybridized carbons (Fsp3) is 0.474. The lowest BCUT2D eigenvalue weighted by atomic mass is 10.0. The Bertz CT molecular complexity index is 926. The van der Waals surface area contributed by atoms with Crippen LogP contribution in [0.4, 0.5) is 0 Å². The minimum atomic E-state index is -0.729. The number of likely N-dealkylation sites (N-methyl/N-ethyl adjacent to an activating group) is 1. The van der Waals surface area contributed by atoms with Gasteiger partial charge in [0, 0.05) is 31.9 Å². The Morgan fingerprint density at radius 3 is 2.75 bits per heavy atom. The molecule has 9 heteroatoms. The molecule has 9 nitrogen and oxygen atoms in total. The highest BCUT2D eigenvalue weighted by atomic mass is 16.6. The third-order valence-corrected chi connectivity index (χ3v) is 4.79. The number of pyridine rings is 1. The van der Waals surface area contributed by atoms with E-state index in [-0.39, 0.29) is 6.10 Å². The van der Waals surface area contributed by atoms with Crippen LogP contribution >= 0.6 is 0 Å². The summed E-state index contributed by atoms with van der Waals surface area (Å²) in [7, 11) is 1.86. The predicted molar refractivity (Wildman–Crippen MR) is 101 cm³/mol. The van der Waals surface area contributed by atoms with Crippen LogP contribution in [0.25, 0.3) is 0 Å². The van der Waals surface area contributed by atoms with Crippen molar-refractivity contribution in [2.45, 2.75) is 51.3 Å². The van der Waals surface area contributed by atoms with E-state index in [2.05, 4.69) is 9.97 Å². The van der Waals surface area contributed by atoms with Crippen LogP contribution in [0.5, 0.6) is 0 Å². The van der Waals surface area contributed by atoms with Crippen LogP contribution in [0.15, 0.2) is 46.2 Å². The van der Waals surface area contributed by atoms with E-state index in [1.807, 2.05) is 37.1 Å². The second kappa shape index (κ2) is 8.49. The molecule has 0 amide bonds. The van der Waals surface area contributed by atoms with Gasteiger partial charge in [0.25, 0.3) is 5.56 Å². The van der Waals surface area contributed by atoms with Gasteiger partial charge in [0.2, 0.25) is 0 Å². The van der Waals surface area contributed by atoms with Crippen molar-refractivity contribution in [3.8, 4) is 0 Å². The summed E-state index contributed by atoms with van der Waals surface area (Å²) in [4.78, 5) is 44.1. The van der Waals surface area contributed by atoms with E-state index in [0.717, 1.165) is 5.69 Å². The number of rotatable bonds is 6. The molecule has 1 N–H and O–H groups in total. The van der Waals surface area contributed by atoms with Gasteiger partial charge in [-0.1, -0.05) is 13.0 Å². The summed E-state index contributed by atoms with van der Waals surface area (Å²) in [5.74, 6) is -0.419. The van der Waals surface area contributed by atoms with Crippen LogP contribution in [-0.2, 0) is 20.8 Å². The molecule has 2 aromatic heterocycles. The van der Waals surface area contributed by atoms with E-state index >= 15 is 0 Å². The maximum absolute atomic E-state index is 12.4. The Balaban J connectivity index is 1.99. The summed E-state index contributed by atoms with van der Waals surface area (Å²) < 4.78 is 13.0. The molecule has 3 heterocycles. The SMILES string of the molecule is CC[C@H]1O[C@@H](n2ccc(=O)[nH]c2=O)C(N(C)Cc2ccccn2)[C@H]1OC(C)=O. The first kappa shape index (κ1) is 20.0. The molecule has 0 saturated carbocycles. The van der Waals surface area contributed by atoms with Crippen LogP contribution in [0.2, 0.25) is 0 Å². The molecular weight excluding hydrogens is 364 g/mol. The quantitative estimate of drug-likeness (QED) is 0.725. The largest absolute Gasteiger partial charge is 0.458 e. The van der Waals surface area contributed by atoms with Crippen molar-refractivity contribution in [1.29, 1.82) is 0 Å². The van der Waals surface area contributed by atoms with Gasteiger partial charge in [0.05, 0.1) is 17.8 Å². The molecule has 0 bridgehead atoms. The van der Waals surface area contributed by atoms with Gasteiger partial charge in [0.15, 0.2) is 6.23 Å². The number of hydrogen-bond donors (Lipinski definition) is 1. The summed E-state index contributed by atoms with van der Waals surface area (Å²) in [6.45, 7) is 3.74. The molecular formula is C19H24N4O5. The van der Waals surface area contributed by atoms with Gasteiger partial charge in [-0.05, 0) is 25.6 Å². The Morgan fingerprint density at radius 1 is 1.36 bits per heavy atom. The molecule has 1 unspecified atom stereocenters. The van der Waals surface area contributed by atoms with E-state index < -0.39 is 35.6 Å². The predicted octanol–water partition coefficient (Wildman–Crippen LogP) is 0.671. The molecule has 3 rings (SSSR count). The molecule has 0 aromatic carbocycles. The van der Waals surface area contributed by atoms with Crippen LogP contribution in [-0.4, -0.2) is 50.7 Å². The number of ether oxygens (including phenoxy) is 2. The zero-order valence-electron chi connectivity index (χ0n) is 16.1. The second-order valence-electron chi connectivity index (χ2n) is 6.79. The molecule has 1 aliphatic heterocycles. The molecule has 1 saturated heterocycles. The van der Waals surface area contributed by atoms with Gasteiger partial charge in [-0.2, -0.15) is 0 Å². The zero-order chi connectivity index (χ0) is 20.3. The minimum absolute atomic E-state index is 0.385. The van der Waals surface area contributed by atoms with Gasteiger partial charge in [-0.25, -0.2) is 4.79 Å². The number of hydrogen-bond acceptors (Lipinski definition) is 7. The van der Waals surface area contributed by atoms with E-state index in [1.165, 1.54) is 23.8 Å². The van der Waals surface area contributed by atoms with Gasteiger partial charge < -0.3 is 9.47 Å². The lowest BCUT2D eigenvalue weighted by Gasteiger charge is -2.32. The van der Waals surface area contributed by atoms with Crippen LogP contribution in [0.3, 0.4) is 0 Å². The maximum Gasteiger partial charge on any atom is 0.330 e. The maximum atomic E-state index is 12.4. The molecule has 1 aliphatic rings. The minimum Gasteiger partial charge on any atom is -0.458 e. The third-order valence-electron chi connectivity index (χ3n) is 4.79. The van der Waals surface area contributed by atoms with Crippen LogP contribution < -0.4 is 11.2 Å². The number of nitrogens with zero attached hydrogens (tertiary/aromatic N) is 3. The lowest BCUT2D eigenvalue weighted by molar-refractivity contribution is -0.151. The second-order valence-corrected chi connectivity index (χ2v) is 6.79. The number of esters is 1. The Kier molecular flexibility index (Phi) is 6.05. The van der Waals surface area contributed by atoms with Crippen molar-refractivity contribution >= 4 is 5.97 Å².